The van der Waals surface area contributed by atoms with Crippen LogP contribution < -0.4 is 27.3 Å². The van der Waals surface area contributed by atoms with Gasteiger partial charge >= 0.3 is 0 Å². The van der Waals surface area contributed by atoms with Gasteiger partial charge in [-0.05, 0) is 42.5 Å². The highest BCUT2D eigenvalue weighted by molar-refractivity contribution is 7.26. The molecule has 0 saturated heterocycles. The third-order valence-corrected chi connectivity index (χ3v) is 14.7. The molecular weight excluding hydrogens is 833 g/mol. The van der Waals surface area contributed by atoms with Crippen LogP contribution in [0.15, 0.2) is 170 Å². The van der Waals surface area contributed by atoms with Gasteiger partial charge < -0.3 is 4.57 Å². The maximum absolute atomic E-state index is 5.57. The number of aromatic nitrogens is 7. The maximum atomic E-state index is 5.57. The van der Waals surface area contributed by atoms with Crippen LogP contribution in [0.5, 0.6) is 0 Å². The Morgan fingerprint density at radius 3 is 1.42 bits per heavy atom. The van der Waals surface area contributed by atoms with E-state index in [2.05, 4.69) is 153 Å². The zero-order valence-electron chi connectivity index (χ0n) is 37.7. The minimum Gasteiger partial charge on any atom is -0.309 e. The third kappa shape index (κ3) is 6.80. The first-order chi connectivity index (χ1) is 32.8. The number of benzene rings is 8. The van der Waals surface area contributed by atoms with Gasteiger partial charge in [-0.2, -0.15) is 0 Å². The highest BCUT2D eigenvalue weighted by atomic mass is 32.1. The lowest BCUT2D eigenvalue weighted by molar-refractivity contribution is 1.06. The number of nitrogens with zero attached hydrogens (tertiary/aromatic N) is 7. The number of thiophene rings is 1. The Morgan fingerprint density at radius 1 is 0.343 bits per heavy atom. The van der Waals surface area contributed by atoms with E-state index in [1.165, 1.54) is 31.9 Å². The van der Waals surface area contributed by atoms with Crippen molar-refractivity contribution in [1.29, 1.82) is 0 Å². The molecule has 12 rings (SSSR count). The molecule has 0 unspecified atom stereocenters. The molecule has 0 spiro atoms. The van der Waals surface area contributed by atoms with Gasteiger partial charge in [0.15, 0.2) is 34.9 Å². The van der Waals surface area contributed by atoms with Crippen LogP contribution in [0.2, 0.25) is 0 Å². The summed E-state index contributed by atoms with van der Waals surface area (Å²) in [4.78, 5) is 32.0. The summed E-state index contributed by atoms with van der Waals surface area (Å²) in [6, 6.07) is 58.9. The molecule has 13 heteroatoms. The Bertz CT molecular complexity index is 3810. The van der Waals surface area contributed by atoms with E-state index in [1.807, 2.05) is 60.7 Å². The SMILES string of the molecule is Bc1c(B)c(B)c(-c2nc(-c3cc(-c4nc(-c5ccccc5)nc(-c5ccccc5)n4)ccc3-n3c4ccccc4c4ccccc43)nc(-c3cccc4c3sc3ccccc34)n2)c(B)c1B. The molecule has 0 amide bonds. The summed E-state index contributed by atoms with van der Waals surface area (Å²) in [5.41, 5.74) is 14.6. The summed E-state index contributed by atoms with van der Waals surface area (Å²) >= 11 is 1.78. The lowest BCUT2D eigenvalue weighted by Crippen LogP contribution is -2.55. The Morgan fingerprint density at radius 2 is 0.806 bits per heavy atom. The summed E-state index contributed by atoms with van der Waals surface area (Å²) in [7, 11) is 11.0. The summed E-state index contributed by atoms with van der Waals surface area (Å²) < 4.78 is 4.70. The number of fused-ring (bicyclic) bond motifs is 6. The highest BCUT2D eigenvalue weighted by Crippen LogP contribution is 2.41. The van der Waals surface area contributed by atoms with Crippen LogP contribution in [-0.4, -0.2) is 73.7 Å². The van der Waals surface area contributed by atoms with Crippen LogP contribution in [-0.2, 0) is 0 Å². The van der Waals surface area contributed by atoms with Crippen LogP contribution in [0.25, 0.3) is 116 Å². The Kier molecular flexibility index (Phi) is 9.84. The van der Waals surface area contributed by atoms with Crippen LogP contribution in [0.1, 0.15) is 0 Å². The molecule has 0 radical (unpaired) electrons. The minimum atomic E-state index is 0.545. The maximum Gasteiger partial charge on any atom is 0.166 e. The molecule has 0 aliphatic rings. The third-order valence-electron chi connectivity index (χ3n) is 13.5. The van der Waals surface area contributed by atoms with Crippen LogP contribution in [0, 0.1) is 0 Å². The van der Waals surface area contributed by atoms with Gasteiger partial charge in [0.2, 0.25) is 0 Å². The average molecular weight is 871 g/mol. The zero-order valence-corrected chi connectivity index (χ0v) is 38.5. The van der Waals surface area contributed by atoms with Crippen LogP contribution in [0.4, 0.5) is 0 Å². The van der Waals surface area contributed by atoms with Gasteiger partial charge in [0.1, 0.15) is 39.2 Å². The van der Waals surface area contributed by atoms with Crippen molar-refractivity contribution in [3.05, 3.63) is 170 Å². The van der Waals surface area contributed by atoms with Crippen molar-refractivity contribution in [1.82, 2.24) is 34.5 Å². The second-order valence-electron chi connectivity index (χ2n) is 17.2. The number of hydrogen-bond acceptors (Lipinski definition) is 7. The Labute approximate surface area is 396 Å². The van der Waals surface area contributed by atoms with Gasteiger partial charge in [-0.15, -0.1) is 27.7 Å². The quantitative estimate of drug-likeness (QED) is 0.214. The van der Waals surface area contributed by atoms with Crippen molar-refractivity contribution in [3.63, 3.8) is 0 Å². The molecule has 0 bridgehead atoms. The van der Waals surface area contributed by atoms with E-state index in [1.54, 1.807) is 11.3 Å². The number of rotatable bonds is 7. The van der Waals surface area contributed by atoms with Gasteiger partial charge in [0.25, 0.3) is 0 Å². The normalized spacial score (nSPS) is 11.6. The second kappa shape index (κ2) is 16.2. The van der Waals surface area contributed by atoms with Crippen molar-refractivity contribution in [2.45, 2.75) is 0 Å². The predicted molar refractivity (Wildman–Crippen MR) is 294 cm³/mol. The number of hydrogen-bond donors (Lipinski definition) is 0. The van der Waals surface area contributed by atoms with Crippen LogP contribution >= 0.6 is 11.3 Å². The zero-order chi connectivity index (χ0) is 45.3. The van der Waals surface area contributed by atoms with Gasteiger partial charge in [-0.3, -0.25) is 0 Å². The van der Waals surface area contributed by atoms with Gasteiger partial charge in [0.05, 0.1) is 16.7 Å². The summed E-state index contributed by atoms with van der Waals surface area (Å²) in [5.74, 6) is 3.53. The molecule has 0 aliphatic carbocycles. The van der Waals surface area contributed by atoms with Gasteiger partial charge in [0, 0.05) is 64.3 Å². The first-order valence-electron chi connectivity index (χ1n) is 22.5. The number of para-hydroxylation sites is 2. The van der Waals surface area contributed by atoms with E-state index in [-0.39, 0.29) is 0 Å². The topological polar surface area (TPSA) is 82.3 Å². The molecule has 8 aromatic carbocycles. The molecule has 0 atom stereocenters. The predicted octanol–water partition coefficient (Wildman–Crippen LogP) is 4.82. The molecule has 12 aromatic rings. The summed E-state index contributed by atoms with van der Waals surface area (Å²) in [5, 5.41) is 4.73. The molecular formula is C54H38B5N7S. The monoisotopic (exact) mass is 871 g/mol. The molecule has 0 aliphatic heterocycles. The fourth-order valence-electron chi connectivity index (χ4n) is 9.66. The standard InChI is InChI=1S/C54H38B5N7S/c55-43-42(44(56)46(58)47(59)45(43)57)54-64-52(36-22-13-21-35-34-20-9-12-25-41(34)67-48(35)36)63-53(65-54)37-28-31(26-27-40(37)66-38-23-10-7-18-32(38)33-19-8-11-24-39(33)66)51-61-49(29-14-3-1-4-15-29)60-50(62-51)30-16-5-2-6-17-30/h1-28H,55-59H2. The molecule has 0 fully saturated rings. The Balaban J connectivity index is 1.19. The fraction of sp³-hybridized carbons (Fsp3) is 0. The molecule has 0 N–H and O–H groups in total. The van der Waals surface area contributed by atoms with E-state index in [0.717, 1.165) is 76.5 Å². The van der Waals surface area contributed by atoms with Gasteiger partial charge in [-0.25, -0.2) is 29.9 Å². The summed E-state index contributed by atoms with van der Waals surface area (Å²) in [6.45, 7) is 0. The summed E-state index contributed by atoms with van der Waals surface area (Å²) in [6.07, 6.45) is 0. The van der Waals surface area contributed by atoms with E-state index in [9.17, 15) is 0 Å². The van der Waals surface area contributed by atoms with Crippen molar-refractivity contribution in [3.8, 4) is 74.0 Å². The molecule has 310 valence electrons. The van der Waals surface area contributed by atoms with Crippen LogP contribution in [0.3, 0.4) is 0 Å². The largest absolute Gasteiger partial charge is 0.309 e. The Hall–Kier alpha value is -7.88. The molecule has 4 heterocycles. The van der Waals surface area contributed by atoms with Gasteiger partial charge in [-0.1, -0.05) is 138 Å². The lowest BCUT2D eigenvalue weighted by atomic mass is 9.60. The first kappa shape index (κ1) is 40.6. The molecule has 4 aromatic heterocycles. The first-order valence-corrected chi connectivity index (χ1v) is 23.4. The average Bonchev–Trinajstić information content (AvgIpc) is 3.94. The van der Waals surface area contributed by atoms with Crippen molar-refractivity contribution < 1.29 is 0 Å². The van der Waals surface area contributed by atoms with E-state index < -0.39 is 0 Å². The fourth-order valence-corrected chi connectivity index (χ4v) is 10.9. The van der Waals surface area contributed by atoms with Crippen molar-refractivity contribution >= 4 is 120 Å². The molecule has 7 nitrogen and oxygen atoms in total. The van der Waals surface area contributed by atoms with E-state index >= 15 is 0 Å². The molecule has 0 saturated carbocycles. The smallest absolute Gasteiger partial charge is 0.166 e. The second-order valence-corrected chi connectivity index (χ2v) is 18.3. The minimum absolute atomic E-state index is 0.545. The van der Waals surface area contributed by atoms with Crippen molar-refractivity contribution in [2.24, 2.45) is 0 Å². The lowest BCUT2D eigenvalue weighted by Gasteiger charge is -2.20. The van der Waals surface area contributed by atoms with E-state index in [0.29, 0.717) is 34.9 Å². The van der Waals surface area contributed by atoms with Crippen molar-refractivity contribution in [2.75, 3.05) is 0 Å². The molecule has 67 heavy (non-hydrogen) atoms. The van der Waals surface area contributed by atoms with E-state index in [4.69, 9.17) is 29.9 Å². The highest BCUT2D eigenvalue weighted by Gasteiger charge is 2.24.